The summed E-state index contributed by atoms with van der Waals surface area (Å²) in [5, 5.41) is 12.7. The first-order valence-corrected chi connectivity index (χ1v) is 5.88. The van der Waals surface area contributed by atoms with Crippen molar-refractivity contribution < 1.29 is 9.84 Å². The zero-order valence-corrected chi connectivity index (χ0v) is 10.4. The Hall–Kier alpha value is -0.480. The van der Waals surface area contributed by atoms with Crippen LogP contribution in [0, 0.1) is 0 Å². The quantitative estimate of drug-likeness (QED) is 0.743. The lowest BCUT2D eigenvalue weighted by molar-refractivity contribution is 0.282. The van der Waals surface area contributed by atoms with E-state index in [0.29, 0.717) is 28.9 Å². The molecule has 1 rings (SSSR count). The van der Waals surface area contributed by atoms with Crippen LogP contribution >= 0.6 is 23.2 Å². The third-order valence-electron chi connectivity index (χ3n) is 1.89. The van der Waals surface area contributed by atoms with Crippen LogP contribution in [0.15, 0.2) is 18.2 Å². The molecule has 0 atom stereocenters. The first-order valence-electron chi connectivity index (χ1n) is 5.13. The van der Waals surface area contributed by atoms with Gasteiger partial charge >= 0.3 is 0 Å². The van der Waals surface area contributed by atoms with Crippen molar-refractivity contribution in [1.82, 2.24) is 5.32 Å². The average Bonchev–Trinajstić information content (AvgIpc) is 2.22. The lowest BCUT2D eigenvalue weighted by Gasteiger charge is -2.07. The Kier molecular flexibility index (Phi) is 6.57. The van der Waals surface area contributed by atoms with Gasteiger partial charge in [-0.15, -0.1) is 0 Å². The molecule has 3 nitrogen and oxygen atoms in total. The minimum absolute atomic E-state index is 0.157. The molecule has 0 bridgehead atoms. The number of hydrogen-bond donors (Lipinski definition) is 2. The molecule has 0 aliphatic rings. The molecule has 1 aromatic rings. The number of benzene rings is 1. The van der Waals surface area contributed by atoms with E-state index in [9.17, 15) is 0 Å². The van der Waals surface area contributed by atoms with Crippen LogP contribution < -0.4 is 10.1 Å². The first kappa shape index (κ1) is 13.6. The molecular formula is C11H15Cl2NO2. The van der Waals surface area contributed by atoms with Crippen LogP contribution in [0.4, 0.5) is 0 Å². The van der Waals surface area contributed by atoms with Crippen LogP contribution in [-0.2, 0) is 0 Å². The molecule has 0 radical (unpaired) electrons. The van der Waals surface area contributed by atoms with Gasteiger partial charge in [0.25, 0.3) is 0 Å². The Bertz CT molecular complexity index is 301. The number of hydrogen-bond acceptors (Lipinski definition) is 3. The zero-order chi connectivity index (χ0) is 11.8. The molecule has 0 amide bonds. The lowest BCUT2D eigenvalue weighted by atomic mass is 10.3. The van der Waals surface area contributed by atoms with E-state index in [2.05, 4.69) is 5.32 Å². The average molecular weight is 264 g/mol. The molecule has 90 valence electrons. The molecule has 0 spiro atoms. The van der Waals surface area contributed by atoms with Crippen molar-refractivity contribution in [2.75, 3.05) is 26.3 Å². The predicted molar refractivity (Wildman–Crippen MR) is 66.5 cm³/mol. The normalized spacial score (nSPS) is 10.4. The Morgan fingerprint density at radius 3 is 2.44 bits per heavy atom. The van der Waals surface area contributed by atoms with Crippen molar-refractivity contribution in [3.05, 3.63) is 28.2 Å². The molecular weight excluding hydrogens is 249 g/mol. The van der Waals surface area contributed by atoms with Gasteiger partial charge in [0.05, 0.1) is 13.2 Å². The molecule has 0 fully saturated rings. The smallest absolute Gasteiger partial charge is 0.122 e. The molecule has 0 heterocycles. The molecule has 0 unspecified atom stereocenters. The molecule has 16 heavy (non-hydrogen) atoms. The highest BCUT2D eigenvalue weighted by Crippen LogP contribution is 2.24. The van der Waals surface area contributed by atoms with Gasteiger partial charge in [-0.1, -0.05) is 23.2 Å². The van der Waals surface area contributed by atoms with Gasteiger partial charge in [0.1, 0.15) is 5.75 Å². The summed E-state index contributed by atoms with van der Waals surface area (Å²) in [7, 11) is 0. The van der Waals surface area contributed by atoms with Crippen LogP contribution in [0.5, 0.6) is 5.75 Å². The van der Waals surface area contributed by atoms with E-state index in [-0.39, 0.29) is 6.61 Å². The number of aliphatic hydroxyl groups is 1. The van der Waals surface area contributed by atoms with Gasteiger partial charge < -0.3 is 15.2 Å². The van der Waals surface area contributed by atoms with Gasteiger partial charge in [0.2, 0.25) is 0 Å². The third-order valence-corrected chi connectivity index (χ3v) is 2.33. The maximum Gasteiger partial charge on any atom is 0.122 e. The number of rotatable bonds is 7. The van der Waals surface area contributed by atoms with Crippen LogP contribution in [-0.4, -0.2) is 31.4 Å². The highest BCUT2D eigenvalue weighted by atomic mass is 35.5. The maximum absolute atomic E-state index is 8.54. The number of halogens is 2. The summed E-state index contributed by atoms with van der Waals surface area (Å²) in [6.07, 6.45) is 0.865. The van der Waals surface area contributed by atoms with Crippen LogP contribution in [0.1, 0.15) is 6.42 Å². The third kappa shape index (κ3) is 5.56. The van der Waals surface area contributed by atoms with E-state index in [1.807, 2.05) is 0 Å². The zero-order valence-electron chi connectivity index (χ0n) is 8.88. The van der Waals surface area contributed by atoms with Crippen molar-refractivity contribution in [3.8, 4) is 5.75 Å². The summed E-state index contributed by atoms with van der Waals surface area (Å²) < 4.78 is 5.48. The fraction of sp³-hybridized carbons (Fsp3) is 0.455. The first-order chi connectivity index (χ1) is 7.72. The van der Waals surface area contributed by atoms with E-state index in [1.54, 1.807) is 18.2 Å². The Labute approximate surface area is 105 Å². The molecule has 0 saturated heterocycles. The summed E-state index contributed by atoms with van der Waals surface area (Å²) in [6.45, 7) is 2.18. The van der Waals surface area contributed by atoms with Crippen molar-refractivity contribution in [1.29, 1.82) is 0 Å². The van der Waals surface area contributed by atoms with Crippen molar-refractivity contribution in [2.24, 2.45) is 0 Å². The van der Waals surface area contributed by atoms with E-state index >= 15 is 0 Å². The molecule has 0 aliphatic carbocycles. The van der Waals surface area contributed by atoms with E-state index in [1.165, 1.54) is 0 Å². The van der Waals surface area contributed by atoms with Gasteiger partial charge in [0.15, 0.2) is 0 Å². The second-order valence-corrected chi connectivity index (χ2v) is 4.15. The standard InChI is InChI=1S/C11H15Cl2NO2/c12-9-6-10(13)8-11(7-9)16-5-1-2-14-3-4-15/h6-8,14-15H,1-5H2. The van der Waals surface area contributed by atoms with E-state index in [4.69, 9.17) is 33.0 Å². The lowest BCUT2D eigenvalue weighted by Crippen LogP contribution is -2.20. The van der Waals surface area contributed by atoms with Gasteiger partial charge in [-0.05, 0) is 31.2 Å². The molecule has 5 heteroatoms. The second kappa shape index (κ2) is 7.74. The summed E-state index contributed by atoms with van der Waals surface area (Å²) in [5.74, 6) is 0.680. The van der Waals surface area contributed by atoms with E-state index < -0.39 is 0 Å². The predicted octanol–water partition coefficient (Wildman–Crippen LogP) is 2.34. The van der Waals surface area contributed by atoms with Gasteiger partial charge in [-0.2, -0.15) is 0 Å². The molecule has 2 N–H and O–H groups in total. The van der Waals surface area contributed by atoms with Gasteiger partial charge in [-0.3, -0.25) is 0 Å². The minimum Gasteiger partial charge on any atom is -0.493 e. The molecule has 0 aromatic heterocycles. The highest BCUT2D eigenvalue weighted by molar-refractivity contribution is 6.34. The SMILES string of the molecule is OCCNCCCOc1cc(Cl)cc(Cl)c1. The minimum atomic E-state index is 0.157. The Balaban J connectivity index is 2.21. The summed E-state index contributed by atoms with van der Waals surface area (Å²) in [5.41, 5.74) is 0. The number of aliphatic hydroxyl groups excluding tert-OH is 1. The van der Waals surface area contributed by atoms with Gasteiger partial charge in [0, 0.05) is 16.6 Å². The largest absolute Gasteiger partial charge is 0.493 e. The summed E-state index contributed by atoms with van der Waals surface area (Å²) in [4.78, 5) is 0. The molecule has 1 aromatic carbocycles. The van der Waals surface area contributed by atoms with Crippen molar-refractivity contribution in [2.45, 2.75) is 6.42 Å². The van der Waals surface area contributed by atoms with Crippen molar-refractivity contribution >= 4 is 23.2 Å². The van der Waals surface area contributed by atoms with Crippen molar-refractivity contribution in [3.63, 3.8) is 0 Å². The number of ether oxygens (including phenoxy) is 1. The maximum atomic E-state index is 8.54. The number of nitrogens with one attached hydrogen (secondary N) is 1. The van der Waals surface area contributed by atoms with E-state index in [0.717, 1.165) is 13.0 Å². The topological polar surface area (TPSA) is 41.5 Å². The second-order valence-electron chi connectivity index (χ2n) is 3.28. The van der Waals surface area contributed by atoms with Gasteiger partial charge in [-0.25, -0.2) is 0 Å². The molecule has 0 saturated carbocycles. The van der Waals surface area contributed by atoms with Crippen LogP contribution in [0.25, 0.3) is 0 Å². The van der Waals surface area contributed by atoms with Crippen LogP contribution in [0.3, 0.4) is 0 Å². The Morgan fingerprint density at radius 1 is 1.12 bits per heavy atom. The molecule has 0 aliphatic heterocycles. The van der Waals surface area contributed by atoms with Crippen LogP contribution in [0.2, 0.25) is 10.0 Å². The highest BCUT2D eigenvalue weighted by Gasteiger charge is 1.98. The summed E-state index contributed by atoms with van der Waals surface area (Å²) >= 11 is 11.7. The monoisotopic (exact) mass is 263 g/mol. The Morgan fingerprint density at radius 2 is 1.81 bits per heavy atom. The summed E-state index contributed by atoms with van der Waals surface area (Å²) in [6, 6.07) is 5.13. The fourth-order valence-corrected chi connectivity index (χ4v) is 1.71. The fourth-order valence-electron chi connectivity index (χ4n) is 1.20.